The maximum Gasteiger partial charge on any atom is 0.514 e. The average Bonchev–Trinajstić information content (AvgIpc) is 3.20. The van der Waals surface area contributed by atoms with Crippen molar-refractivity contribution in [3.63, 3.8) is 0 Å². The molecule has 9 nitrogen and oxygen atoms in total. The number of fused-ring (bicyclic) bond motifs is 5. The molecule has 0 radical (unpaired) electrons. The first kappa shape index (κ1) is 28.1. The molecule has 0 amide bonds. The van der Waals surface area contributed by atoms with Gasteiger partial charge in [0.05, 0.1) is 12.7 Å². The van der Waals surface area contributed by atoms with Crippen molar-refractivity contribution in [3.8, 4) is 5.75 Å². The maximum absolute atomic E-state index is 13.9. The summed E-state index contributed by atoms with van der Waals surface area (Å²) in [6, 6.07) is 8.33. The zero-order valence-electron chi connectivity index (χ0n) is 23.1. The van der Waals surface area contributed by atoms with Gasteiger partial charge >= 0.3 is 12.3 Å². The van der Waals surface area contributed by atoms with Crippen molar-refractivity contribution in [2.45, 2.75) is 64.6 Å². The fraction of sp³-hybridized carbons (Fsp3) is 0.548. The van der Waals surface area contributed by atoms with Gasteiger partial charge < -0.3 is 24.1 Å². The molecular weight excluding hydrogens is 516 g/mol. The van der Waals surface area contributed by atoms with E-state index in [1.54, 1.807) is 49.4 Å². The number of ketones is 2. The second-order valence-corrected chi connectivity index (χ2v) is 11.7. The average molecular weight is 553 g/mol. The van der Waals surface area contributed by atoms with Crippen LogP contribution in [0.2, 0.25) is 0 Å². The fourth-order valence-electron chi connectivity index (χ4n) is 8.14. The molecule has 0 heterocycles. The van der Waals surface area contributed by atoms with E-state index in [1.807, 2.05) is 13.0 Å². The molecule has 1 aromatic carbocycles. The van der Waals surface area contributed by atoms with E-state index >= 15 is 0 Å². The minimum absolute atomic E-state index is 0.0261. The number of hydrogen-bond donors (Lipinski definition) is 1. The van der Waals surface area contributed by atoms with Gasteiger partial charge in [0.15, 0.2) is 18.0 Å². The highest BCUT2D eigenvalue weighted by Crippen LogP contribution is 2.68. The van der Waals surface area contributed by atoms with Gasteiger partial charge in [0.2, 0.25) is 5.78 Å². The molecule has 5 rings (SSSR count). The monoisotopic (exact) mass is 552 g/mol. The zero-order valence-corrected chi connectivity index (χ0v) is 23.1. The smallest absolute Gasteiger partial charge is 0.435 e. The van der Waals surface area contributed by atoms with Crippen LogP contribution in [0.1, 0.15) is 52.9 Å². The number of carbonyl (C=O) groups excluding carboxylic acids is 4. The number of para-hydroxylation sites is 1. The second kappa shape index (κ2) is 10.5. The Kier molecular flexibility index (Phi) is 7.37. The summed E-state index contributed by atoms with van der Waals surface area (Å²) in [7, 11) is 0. The Labute approximate surface area is 233 Å². The number of allylic oxidation sites excluding steroid dienone is 4. The van der Waals surface area contributed by atoms with Crippen molar-refractivity contribution < 1.29 is 43.2 Å². The summed E-state index contributed by atoms with van der Waals surface area (Å²) < 4.78 is 21.3. The highest BCUT2D eigenvalue weighted by atomic mass is 16.7. The summed E-state index contributed by atoms with van der Waals surface area (Å²) in [5.41, 5.74) is -2.04. The van der Waals surface area contributed by atoms with E-state index in [9.17, 15) is 24.3 Å². The first-order valence-corrected chi connectivity index (χ1v) is 13.9. The van der Waals surface area contributed by atoms with Crippen molar-refractivity contribution in [3.05, 3.63) is 54.1 Å². The summed E-state index contributed by atoms with van der Waals surface area (Å²) in [4.78, 5) is 51.1. The molecule has 1 unspecified atom stereocenters. The molecule has 9 heteroatoms. The van der Waals surface area contributed by atoms with Crippen LogP contribution in [0.5, 0.6) is 5.75 Å². The van der Waals surface area contributed by atoms with Crippen molar-refractivity contribution in [1.29, 1.82) is 0 Å². The molecule has 1 aromatic rings. The van der Waals surface area contributed by atoms with Gasteiger partial charge in [-0.25, -0.2) is 9.59 Å². The molecule has 3 saturated carbocycles. The number of Topliss-reactive ketones (excluding diaryl/α,β-unsaturated/α-hetero) is 1. The predicted molar refractivity (Wildman–Crippen MR) is 142 cm³/mol. The lowest BCUT2D eigenvalue weighted by Crippen LogP contribution is -2.63. The normalized spacial score (nSPS) is 35.9. The van der Waals surface area contributed by atoms with Crippen LogP contribution < -0.4 is 4.74 Å². The van der Waals surface area contributed by atoms with E-state index < -0.39 is 47.2 Å². The van der Waals surface area contributed by atoms with Crippen LogP contribution in [0, 0.1) is 28.6 Å². The molecule has 7 atom stereocenters. The van der Waals surface area contributed by atoms with Crippen LogP contribution >= 0.6 is 0 Å². The summed E-state index contributed by atoms with van der Waals surface area (Å²) in [6.07, 6.45) is 4.79. The largest absolute Gasteiger partial charge is 0.514 e. The molecular formula is C31H36O9. The number of aliphatic hydroxyl groups is 1. The van der Waals surface area contributed by atoms with E-state index in [0.717, 1.165) is 12.0 Å². The third-order valence-corrected chi connectivity index (χ3v) is 9.85. The molecule has 0 saturated heterocycles. The standard InChI is InChI=1S/C31H36O9/c1-4-37-28(36)40-31(25(34)18-38-27(35)39-21-8-6-5-7-9-21)15-13-23-22-11-10-19-16-20(32)12-14-29(19,2)26(22)24(33)17-30(23,31)3/h5-9,12,14,16,22-24,26,33H,4,10-11,13,15,17-18H2,1-3H3/t22-,23-,24?,26+,29-,30-,31-/m0/s1. The van der Waals surface area contributed by atoms with Gasteiger partial charge in [0.25, 0.3) is 0 Å². The third kappa shape index (κ3) is 4.54. The Balaban J connectivity index is 1.42. The lowest BCUT2D eigenvalue weighted by molar-refractivity contribution is -0.183. The molecule has 0 aromatic heterocycles. The molecule has 4 aliphatic rings. The SMILES string of the molecule is CCOC(=O)O[C@]1(C(=O)COC(=O)Oc2ccccc2)CC[C@H]2[C@@H]3CCC4=CC(=O)C=C[C@]4(C)[C@H]3C(O)C[C@@]21C. The highest BCUT2D eigenvalue weighted by Gasteiger charge is 2.70. The third-order valence-electron chi connectivity index (χ3n) is 9.85. The number of aliphatic hydroxyl groups excluding tert-OH is 1. The van der Waals surface area contributed by atoms with Gasteiger partial charge in [0.1, 0.15) is 5.75 Å². The fourth-order valence-corrected chi connectivity index (χ4v) is 8.14. The Morgan fingerprint density at radius 1 is 1.05 bits per heavy atom. The van der Waals surface area contributed by atoms with Gasteiger partial charge in [-0.15, -0.1) is 0 Å². The Bertz CT molecular complexity index is 1250. The van der Waals surface area contributed by atoms with Crippen molar-refractivity contribution in [1.82, 2.24) is 0 Å². The van der Waals surface area contributed by atoms with Gasteiger partial charge in [-0.05, 0) is 75.1 Å². The summed E-state index contributed by atoms with van der Waals surface area (Å²) >= 11 is 0. The lowest BCUT2D eigenvalue weighted by Gasteiger charge is -2.59. The Morgan fingerprint density at radius 3 is 2.52 bits per heavy atom. The lowest BCUT2D eigenvalue weighted by atomic mass is 9.46. The van der Waals surface area contributed by atoms with Crippen molar-refractivity contribution in [2.75, 3.05) is 13.2 Å². The van der Waals surface area contributed by atoms with E-state index in [2.05, 4.69) is 6.92 Å². The van der Waals surface area contributed by atoms with E-state index in [4.69, 9.17) is 18.9 Å². The van der Waals surface area contributed by atoms with Crippen LogP contribution in [0.15, 0.2) is 54.1 Å². The predicted octanol–water partition coefficient (Wildman–Crippen LogP) is 4.96. The molecule has 0 bridgehead atoms. The van der Waals surface area contributed by atoms with E-state index in [1.165, 1.54) is 0 Å². The minimum atomic E-state index is -1.65. The molecule has 0 spiro atoms. The number of ether oxygens (including phenoxy) is 4. The van der Waals surface area contributed by atoms with Gasteiger partial charge in [-0.1, -0.05) is 43.7 Å². The topological polar surface area (TPSA) is 125 Å². The first-order valence-electron chi connectivity index (χ1n) is 13.9. The Hall–Kier alpha value is -3.46. The molecule has 4 aliphatic carbocycles. The summed E-state index contributed by atoms with van der Waals surface area (Å²) in [5.74, 6) is -0.532. The summed E-state index contributed by atoms with van der Waals surface area (Å²) in [5, 5.41) is 11.7. The number of hydrogen-bond acceptors (Lipinski definition) is 9. The van der Waals surface area contributed by atoms with Crippen LogP contribution in [0.3, 0.4) is 0 Å². The van der Waals surface area contributed by atoms with E-state index in [0.29, 0.717) is 12.8 Å². The van der Waals surface area contributed by atoms with Crippen LogP contribution in [-0.2, 0) is 23.8 Å². The van der Waals surface area contributed by atoms with Crippen LogP contribution in [0.25, 0.3) is 0 Å². The maximum atomic E-state index is 13.9. The van der Waals surface area contributed by atoms with E-state index in [-0.39, 0.29) is 48.7 Å². The van der Waals surface area contributed by atoms with Gasteiger partial charge in [0, 0.05) is 16.7 Å². The molecule has 0 aliphatic heterocycles. The number of benzene rings is 1. The minimum Gasteiger partial charge on any atom is -0.435 e. The highest BCUT2D eigenvalue weighted by molar-refractivity contribution is 6.01. The zero-order chi connectivity index (χ0) is 28.7. The van der Waals surface area contributed by atoms with Crippen molar-refractivity contribution in [2.24, 2.45) is 28.6 Å². The molecule has 214 valence electrons. The second-order valence-electron chi connectivity index (χ2n) is 11.7. The molecule has 40 heavy (non-hydrogen) atoms. The Morgan fingerprint density at radius 2 is 1.80 bits per heavy atom. The quantitative estimate of drug-likeness (QED) is 0.385. The van der Waals surface area contributed by atoms with Crippen LogP contribution in [0.4, 0.5) is 9.59 Å². The molecule has 1 N–H and O–H groups in total. The van der Waals surface area contributed by atoms with Crippen LogP contribution in [-0.4, -0.2) is 53.9 Å². The van der Waals surface area contributed by atoms with Gasteiger partial charge in [-0.3, -0.25) is 9.59 Å². The number of carbonyl (C=O) groups is 4. The van der Waals surface area contributed by atoms with Crippen molar-refractivity contribution >= 4 is 23.9 Å². The first-order chi connectivity index (χ1) is 19.0. The van der Waals surface area contributed by atoms with Gasteiger partial charge in [-0.2, -0.15) is 0 Å². The number of rotatable bonds is 6. The molecule has 3 fully saturated rings. The summed E-state index contributed by atoms with van der Waals surface area (Å²) in [6.45, 7) is 5.00.